The molecule has 0 aliphatic heterocycles. The van der Waals surface area contributed by atoms with Crippen molar-refractivity contribution in [1.82, 2.24) is 4.90 Å². The van der Waals surface area contributed by atoms with Gasteiger partial charge in [0.25, 0.3) is 0 Å². The van der Waals surface area contributed by atoms with Crippen LogP contribution in [0.25, 0.3) is 0 Å². The molecule has 0 aliphatic rings. The topological polar surface area (TPSA) is 52.6 Å². The second-order valence-corrected chi connectivity index (χ2v) is 5.46. The smallest absolute Gasteiger partial charge is 0.238 e. The first kappa shape index (κ1) is 16.1. The van der Waals surface area contributed by atoms with Crippen LogP contribution in [0.15, 0.2) is 22.7 Å². The lowest BCUT2D eigenvalue weighted by Crippen LogP contribution is -2.32. The van der Waals surface area contributed by atoms with Gasteiger partial charge in [-0.2, -0.15) is 0 Å². The van der Waals surface area contributed by atoms with Gasteiger partial charge in [0, 0.05) is 11.0 Å². The number of halogens is 2. The summed E-state index contributed by atoms with van der Waals surface area (Å²) in [6.07, 6.45) is 0.200. The van der Waals surface area contributed by atoms with Crippen LogP contribution in [0.5, 0.6) is 0 Å². The summed E-state index contributed by atoms with van der Waals surface area (Å²) in [5.41, 5.74) is 0.164. The highest BCUT2D eigenvalue weighted by atomic mass is 79.9. The molecule has 0 aliphatic carbocycles. The van der Waals surface area contributed by atoms with Crippen LogP contribution in [0.4, 0.5) is 10.1 Å². The van der Waals surface area contributed by atoms with Crippen LogP contribution in [0.3, 0.4) is 0 Å². The summed E-state index contributed by atoms with van der Waals surface area (Å²) in [6, 6.07) is 4.47. The van der Waals surface area contributed by atoms with Gasteiger partial charge in [-0.3, -0.25) is 9.69 Å². The first-order valence-corrected chi connectivity index (χ1v) is 6.79. The Labute approximate surface area is 120 Å². The Balaban J connectivity index is 2.46. The molecule has 106 valence electrons. The summed E-state index contributed by atoms with van der Waals surface area (Å²) in [5, 5.41) is 11.7. The van der Waals surface area contributed by atoms with Crippen molar-refractivity contribution >= 4 is 27.5 Å². The standard InChI is InChI=1S/C13H18BrFN2O2/c1-9(18)5-6-17(2)8-13(19)16-12-4-3-10(14)7-11(12)15/h3-4,7,9,18H,5-6,8H2,1-2H3,(H,16,19). The van der Waals surface area contributed by atoms with Gasteiger partial charge < -0.3 is 10.4 Å². The van der Waals surface area contributed by atoms with Gasteiger partial charge >= 0.3 is 0 Å². The molecular formula is C13H18BrFN2O2. The van der Waals surface area contributed by atoms with Gasteiger partial charge in [0.15, 0.2) is 0 Å². The fourth-order valence-electron chi connectivity index (χ4n) is 1.51. The first-order valence-electron chi connectivity index (χ1n) is 6.00. The van der Waals surface area contributed by atoms with Crippen molar-refractivity contribution in [3.05, 3.63) is 28.5 Å². The molecule has 0 heterocycles. The van der Waals surface area contributed by atoms with E-state index in [1.165, 1.54) is 12.1 Å². The highest BCUT2D eigenvalue weighted by molar-refractivity contribution is 9.10. The molecule has 0 saturated heterocycles. The second-order valence-electron chi connectivity index (χ2n) is 4.55. The lowest BCUT2D eigenvalue weighted by atomic mass is 10.2. The van der Waals surface area contributed by atoms with Crippen molar-refractivity contribution in [3.63, 3.8) is 0 Å². The zero-order valence-electron chi connectivity index (χ0n) is 11.0. The van der Waals surface area contributed by atoms with Crippen LogP contribution in [-0.4, -0.2) is 42.2 Å². The van der Waals surface area contributed by atoms with Gasteiger partial charge in [0.2, 0.25) is 5.91 Å². The fourth-order valence-corrected chi connectivity index (χ4v) is 1.85. The molecule has 1 unspecified atom stereocenters. The molecule has 6 heteroatoms. The van der Waals surface area contributed by atoms with Crippen molar-refractivity contribution in [2.75, 3.05) is 25.5 Å². The predicted octanol–water partition coefficient (Wildman–Crippen LogP) is 2.23. The molecule has 0 spiro atoms. The minimum Gasteiger partial charge on any atom is -0.393 e. The highest BCUT2D eigenvalue weighted by Crippen LogP contribution is 2.19. The van der Waals surface area contributed by atoms with E-state index in [1.807, 2.05) is 0 Å². The number of benzene rings is 1. The van der Waals surface area contributed by atoms with E-state index in [0.29, 0.717) is 17.4 Å². The average Bonchev–Trinajstić information content (AvgIpc) is 2.30. The van der Waals surface area contributed by atoms with Crippen LogP contribution >= 0.6 is 15.9 Å². The maximum Gasteiger partial charge on any atom is 0.238 e. The normalized spacial score (nSPS) is 12.5. The Morgan fingerprint density at radius 1 is 1.58 bits per heavy atom. The van der Waals surface area contributed by atoms with Crippen molar-refractivity contribution in [1.29, 1.82) is 0 Å². The quantitative estimate of drug-likeness (QED) is 0.839. The van der Waals surface area contributed by atoms with Crippen molar-refractivity contribution < 1.29 is 14.3 Å². The van der Waals surface area contributed by atoms with Gasteiger partial charge in [-0.05, 0) is 38.6 Å². The Morgan fingerprint density at radius 2 is 2.26 bits per heavy atom. The number of carbonyl (C=O) groups excluding carboxylic acids is 1. The van der Waals surface area contributed by atoms with E-state index in [1.54, 1.807) is 24.9 Å². The van der Waals surface area contributed by atoms with Gasteiger partial charge in [0.05, 0.1) is 18.3 Å². The monoisotopic (exact) mass is 332 g/mol. The van der Waals surface area contributed by atoms with E-state index in [9.17, 15) is 9.18 Å². The minimum absolute atomic E-state index is 0.155. The molecule has 19 heavy (non-hydrogen) atoms. The largest absolute Gasteiger partial charge is 0.393 e. The number of rotatable bonds is 6. The van der Waals surface area contributed by atoms with Gasteiger partial charge in [-0.1, -0.05) is 15.9 Å². The Kier molecular flexibility index (Phi) is 6.41. The first-order chi connectivity index (χ1) is 8.88. The van der Waals surface area contributed by atoms with Crippen LogP contribution in [0, 0.1) is 5.82 Å². The number of aliphatic hydroxyl groups excluding tert-OH is 1. The predicted molar refractivity (Wildman–Crippen MR) is 76.5 cm³/mol. The van der Waals surface area contributed by atoms with Crippen LogP contribution < -0.4 is 5.32 Å². The lowest BCUT2D eigenvalue weighted by Gasteiger charge is -2.17. The summed E-state index contributed by atoms with van der Waals surface area (Å²) < 4.78 is 14.1. The Bertz CT molecular complexity index is 441. The van der Waals surface area contributed by atoms with Gasteiger partial charge in [0.1, 0.15) is 5.82 Å². The van der Waals surface area contributed by atoms with Gasteiger partial charge in [-0.25, -0.2) is 4.39 Å². The third kappa shape index (κ3) is 6.13. The third-order valence-corrected chi connectivity index (χ3v) is 3.04. The van der Waals surface area contributed by atoms with Gasteiger partial charge in [-0.15, -0.1) is 0 Å². The number of amides is 1. The second kappa shape index (κ2) is 7.57. The number of anilines is 1. The third-order valence-electron chi connectivity index (χ3n) is 2.55. The minimum atomic E-state index is -0.477. The molecule has 0 fully saturated rings. The fraction of sp³-hybridized carbons (Fsp3) is 0.462. The molecule has 1 aromatic carbocycles. The number of hydrogen-bond donors (Lipinski definition) is 2. The zero-order valence-corrected chi connectivity index (χ0v) is 12.6. The van der Waals surface area contributed by atoms with E-state index in [-0.39, 0.29) is 18.1 Å². The van der Waals surface area contributed by atoms with Crippen LogP contribution in [-0.2, 0) is 4.79 Å². The number of carbonyl (C=O) groups is 1. The molecule has 1 rings (SSSR count). The van der Waals surface area contributed by atoms with Crippen molar-refractivity contribution in [2.45, 2.75) is 19.4 Å². The molecule has 0 aromatic heterocycles. The average molecular weight is 333 g/mol. The highest BCUT2D eigenvalue weighted by Gasteiger charge is 2.10. The Morgan fingerprint density at radius 3 is 2.84 bits per heavy atom. The van der Waals surface area contributed by atoms with E-state index >= 15 is 0 Å². The number of nitrogens with one attached hydrogen (secondary N) is 1. The van der Waals surface area contributed by atoms with Crippen LogP contribution in [0.2, 0.25) is 0 Å². The molecule has 1 amide bonds. The summed E-state index contributed by atoms with van der Waals surface area (Å²) >= 11 is 3.15. The molecular weight excluding hydrogens is 315 g/mol. The SMILES string of the molecule is CC(O)CCN(C)CC(=O)Nc1ccc(Br)cc1F. The molecule has 1 aromatic rings. The Hall–Kier alpha value is -0.980. The summed E-state index contributed by atoms with van der Waals surface area (Å²) in [6.45, 7) is 2.46. The summed E-state index contributed by atoms with van der Waals surface area (Å²) in [7, 11) is 1.78. The molecule has 0 radical (unpaired) electrons. The van der Waals surface area contributed by atoms with Crippen LogP contribution in [0.1, 0.15) is 13.3 Å². The van der Waals surface area contributed by atoms with E-state index in [4.69, 9.17) is 5.11 Å². The van der Waals surface area contributed by atoms with Crippen molar-refractivity contribution in [3.8, 4) is 0 Å². The summed E-state index contributed by atoms with van der Waals surface area (Å²) in [5.74, 6) is -0.760. The number of nitrogens with zero attached hydrogens (tertiary/aromatic N) is 1. The van der Waals surface area contributed by atoms with E-state index in [2.05, 4.69) is 21.2 Å². The van der Waals surface area contributed by atoms with E-state index < -0.39 is 11.9 Å². The van der Waals surface area contributed by atoms with Crippen molar-refractivity contribution in [2.24, 2.45) is 0 Å². The molecule has 1 atom stereocenters. The number of aliphatic hydroxyl groups is 1. The zero-order chi connectivity index (χ0) is 14.4. The molecule has 0 saturated carbocycles. The number of hydrogen-bond acceptors (Lipinski definition) is 3. The summed E-state index contributed by atoms with van der Waals surface area (Å²) in [4.78, 5) is 13.5. The molecule has 0 bridgehead atoms. The molecule has 2 N–H and O–H groups in total. The lowest BCUT2D eigenvalue weighted by molar-refractivity contribution is -0.117. The number of likely N-dealkylation sites (N-methyl/N-ethyl adjacent to an activating group) is 1. The maximum absolute atomic E-state index is 13.5. The maximum atomic E-state index is 13.5. The van der Waals surface area contributed by atoms with E-state index in [0.717, 1.165) is 0 Å². The molecule has 4 nitrogen and oxygen atoms in total.